The Morgan fingerprint density at radius 2 is 2.27 bits per heavy atom. The van der Waals surface area contributed by atoms with Crippen LogP contribution in [0.4, 0.5) is 0 Å². The number of methoxy groups -OCH3 is 1. The summed E-state index contributed by atoms with van der Waals surface area (Å²) in [4.78, 5) is 11.1. The van der Waals surface area contributed by atoms with Crippen LogP contribution < -0.4 is 4.74 Å². The molecule has 78 valence electrons. The van der Waals surface area contributed by atoms with E-state index in [0.29, 0.717) is 11.3 Å². The number of rotatable bonds is 3. The standard InChI is InChI=1S/C11H11NO3/c1-8(11(13)14-2)15-10-5-3-4-9(6-10)7-12/h3-6,8H,1-2H3. The van der Waals surface area contributed by atoms with E-state index in [1.807, 2.05) is 6.07 Å². The maximum absolute atomic E-state index is 11.1. The predicted molar refractivity (Wildman–Crippen MR) is 53.3 cm³/mol. The summed E-state index contributed by atoms with van der Waals surface area (Å²) in [6.07, 6.45) is -0.677. The van der Waals surface area contributed by atoms with Gasteiger partial charge in [-0.3, -0.25) is 0 Å². The lowest BCUT2D eigenvalue weighted by atomic mass is 10.2. The van der Waals surface area contributed by atoms with E-state index in [4.69, 9.17) is 10.00 Å². The van der Waals surface area contributed by atoms with Crippen molar-refractivity contribution in [2.24, 2.45) is 0 Å². The Morgan fingerprint density at radius 1 is 1.53 bits per heavy atom. The fourth-order valence-corrected chi connectivity index (χ4v) is 1.06. The molecule has 0 aliphatic carbocycles. The first-order valence-electron chi connectivity index (χ1n) is 4.42. The third kappa shape index (κ3) is 2.99. The fourth-order valence-electron chi connectivity index (χ4n) is 1.06. The fraction of sp³-hybridized carbons (Fsp3) is 0.273. The molecule has 0 aliphatic heterocycles. The molecule has 0 aromatic heterocycles. The predicted octanol–water partition coefficient (Wildman–Crippen LogP) is 1.50. The molecule has 0 spiro atoms. The van der Waals surface area contributed by atoms with Gasteiger partial charge in [-0.25, -0.2) is 4.79 Å². The number of carbonyl (C=O) groups excluding carboxylic acids is 1. The van der Waals surface area contributed by atoms with Gasteiger partial charge in [0.25, 0.3) is 0 Å². The highest BCUT2D eigenvalue weighted by molar-refractivity contribution is 5.74. The highest BCUT2D eigenvalue weighted by atomic mass is 16.6. The summed E-state index contributed by atoms with van der Waals surface area (Å²) in [6, 6.07) is 8.59. The van der Waals surface area contributed by atoms with E-state index >= 15 is 0 Å². The normalized spacial score (nSPS) is 11.3. The summed E-state index contributed by atoms with van der Waals surface area (Å²) >= 11 is 0. The molecule has 4 nitrogen and oxygen atoms in total. The summed E-state index contributed by atoms with van der Waals surface area (Å²) in [7, 11) is 1.30. The molecule has 0 saturated carbocycles. The van der Waals surface area contributed by atoms with Crippen LogP contribution >= 0.6 is 0 Å². The van der Waals surface area contributed by atoms with Crippen LogP contribution in [0.3, 0.4) is 0 Å². The van der Waals surface area contributed by atoms with Crippen LogP contribution in [-0.2, 0) is 9.53 Å². The third-order valence-corrected chi connectivity index (χ3v) is 1.81. The average molecular weight is 205 g/mol. The second kappa shape index (κ2) is 5.01. The molecule has 1 aromatic rings. The molecule has 0 heterocycles. The van der Waals surface area contributed by atoms with Crippen molar-refractivity contribution in [1.29, 1.82) is 5.26 Å². The van der Waals surface area contributed by atoms with E-state index < -0.39 is 12.1 Å². The van der Waals surface area contributed by atoms with Crippen LogP contribution in [0, 0.1) is 11.3 Å². The molecule has 0 aliphatic rings. The maximum Gasteiger partial charge on any atom is 0.346 e. The van der Waals surface area contributed by atoms with E-state index in [2.05, 4.69) is 4.74 Å². The second-order valence-electron chi connectivity index (χ2n) is 2.92. The number of nitriles is 1. The molecule has 0 radical (unpaired) electrons. The number of carbonyl (C=O) groups is 1. The number of ether oxygens (including phenoxy) is 2. The Labute approximate surface area is 88.0 Å². The van der Waals surface area contributed by atoms with Gasteiger partial charge in [0.15, 0.2) is 6.10 Å². The molecule has 0 fully saturated rings. The monoisotopic (exact) mass is 205 g/mol. The Morgan fingerprint density at radius 3 is 2.87 bits per heavy atom. The van der Waals surface area contributed by atoms with Crippen LogP contribution in [0.2, 0.25) is 0 Å². The summed E-state index contributed by atoms with van der Waals surface area (Å²) in [5, 5.41) is 8.65. The van der Waals surface area contributed by atoms with Gasteiger partial charge in [-0.15, -0.1) is 0 Å². The van der Waals surface area contributed by atoms with E-state index in [1.54, 1.807) is 31.2 Å². The Balaban J connectivity index is 2.73. The second-order valence-corrected chi connectivity index (χ2v) is 2.92. The minimum atomic E-state index is -0.677. The van der Waals surface area contributed by atoms with Crippen LogP contribution in [-0.4, -0.2) is 19.2 Å². The smallest absolute Gasteiger partial charge is 0.346 e. The molecule has 1 rings (SSSR count). The molecule has 0 N–H and O–H groups in total. The van der Waals surface area contributed by atoms with E-state index in [9.17, 15) is 4.79 Å². The summed E-state index contributed by atoms with van der Waals surface area (Å²) in [6.45, 7) is 1.59. The topological polar surface area (TPSA) is 59.3 Å². The summed E-state index contributed by atoms with van der Waals surface area (Å²) in [5.74, 6) is 0.0318. The van der Waals surface area contributed by atoms with Gasteiger partial charge in [0.1, 0.15) is 5.75 Å². The minimum Gasteiger partial charge on any atom is -0.479 e. The van der Waals surface area contributed by atoms with Gasteiger partial charge in [-0.2, -0.15) is 5.26 Å². The largest absolute Gasteiger partial charge is 0.479 e. The number of hydrogen-bond acceptors (Lipinski definition) is 4. The van der Waals surface area contributed by atoms with Crippen molar-refractivity contribution in [2.75, 3.05) is 7.11 Å². The molecular formula is C11H11NO3. The Kier molecular flexibility index (Phi) is 3.69. The van der Waals surface area contributed by atoms with E-state index in [0.717, 1.165) is 0 Å². The molecule has 0 saturated heterocycles. The van der Waals surface area contributed by atoms with Crippen molar-refractivity contribution in [3.8, 4) is 11.8 Å². The van der Waals surface area contributed by atoms with Crippen molar-refractivity contribution in [3.63, 3.8) is 0 Å². The molecule has 15 heavy (non-hydrogen) atoms. The maximum atomic E-state index is 11.1. The summed E-state index contributed by atoms with van der Waals surface area (Å²) < 4.78 is 9.80. The van der Waals surface area contributed by atoms with Crippen LogP contribution in [0.15, 0.2) is 24.3 Å². The number of nitrogens with zero attached hydrogens (tertiary/aromatic N) is 1. The molecule has 1 aromatic carbocycles. The highest BCUT2D eigenvalue weighted by Gasteiger charge is 2.14. The molecule has 0 amide bonds. The van der Waals surface area contributed by atoms with E-state index in [1.165, 1.54) is 7.11 Å². The first-order chi connectivity index (χ1) is 7.17. The SMILES string of the molecule is COC(=O)C(C)Oc1cccc(C#N)c1. The average Bonchev–Trinajstić information content (AvgIpc) is 2.28. The molecular weight excluding hydrogens is 194 g/mol. The Hall–Kier alpha value is -2.02. The highest BCUT2D eigenvalue weighted by Crippen LogP contribution is 2.14. The molecule has 4 heteroatoms. The van der Waals surface area contributed by atoms with Crippen molar-refractivity contribution >= 4 is 5.97 Å². The number of benzene rings is 1. The first-order valence-corrected chi connectivity index (χ1v) is 4.42. The van der Waals surface area contributed by atoms with Gasteiger partial charge >= 0.3 is 5.97 Å². The quantitative estimate of drug-likeness (QED) is 0.701. The van der Waals surface area contributed by atoms with Crippen LogP contribution in [0.1, 0.15) is 12.5 Å². The van der Waals surface area contributed by atoms with Crippen LogP contribution in [0.5, 0.6) is 5.75 Å². The van der Waals surface area contributed by atoms with Gasteiger partial charge in [0.2, 0.25) is 0 Å². The van der Waals surface area contributed by atoms with Crippen LogP contribution in [0.25, 0.3) is 0 Å². The molecule has 0 bridgehead atoms. The van der Waals surface area contributed by atoms with Gasteiger partial charge in [0, 0.05) is 0 Å². The lowest BCUT2D eigenvalue weighted by Crippen LogP contribution is -2.24. The first kappa shape index (κ1) is 11.1. The molecule has 1 unspecified atom stereocenters. The van der Waals surface area contributed by atoms with E-state index in [-0.39, 0.29) is 0 Å². The lowest BCUT2D eigenvalue weighted by molar-refractivity contribution is -0.147. The van der Waals surface area contributed by atoms with Gasteiger partial charge < -0.3 is 9.47 Å². The zero-order valence-electron chi connectivity index (χ0n) is 8.56. The zero-order valence-corrected chi connectivity index (χ0v) is 8.56. The summed E-state index contributed by atoms with van der Waals surface area (Å²) in [5.41, 5.74) is 0.490. The van der Waals surface area contributed by atoms with Gasteiger partial charge in [-0.05, 0) is 25.1 Å². The van der Waals surface area contributed by atoms with Gasteiger partial charge in [0.05, 0.1) is 18.7 Å². The van der Waals surface area contributed by atoms with Crippen molar-refractivity contribution in [1.82, 2.24) is 0 Å². The van der Waals surface area contributed by atoms with Crippen molar-refractivity contribution in [2.45, 2.75) is 13.0 Å². The van der Waals surface area contributed by atoms with Crippen molar-refractivity contribution in [3.05, 3.63) is 29.8 Å². The Bertz CT molecular complexity index is 395. The molecule has 1 atom stereocenters. The lowest BCUT2D eigenvalue weighted by Gasteiger charge is -2.12. The number of hydrogen-bond donors (Lipinski definition) is 0. The van der Waals surface area contributed by atoms with Gasteiger partial charge in [-0.1, -0.05) is 6.07 Å². The number of esters is 1. The third-order valence-electron chi connectivity index (χ3n) is 1.81. The van der Waals surface area contributed by atoms with Crippen molar-refractivity contribution < 1.29 is 14.3 Å². The zero-order chi connectivity index (χ0) is 11.3. The minimum absolute atomic E-state index is 0.447.